The molecule has 0 atom stereocenters. The summed E-state index contributed by atoms with van der Waals surface area (Å²) in [5, 5.41) is 9.04. The zero-order valence-corrected chi connectivity index (χ0v) is 7.19. The van der Waals surface area contributed by atoms with Crippen molar-refractivity contribution in [3.05, 3.63) is 35.2 Å². The van der Waals surface area contributed by atoms with E-state index in [0.29, 0.717) is 5.65 Å². The summed E-state index contributed by atoms with van der Waals surface area (Å²) in [4.78, 5) is 14.7. The lowest BCUT2D eigenvalue weighted by Gasteiger charge is -2.00. The van der Waals surface area contributed by atoms with E-state index in [1.165, 1.54) is 12.3 Å². The summed E-state index contributed by atoms with van der Waals surface area (Å²) in [7, 11) is 0. The van der Waals surface area contributed by atoms with Gasteiger partial charge in [0.1, 0.15) is 5.56 Å². The monoisotopic (exact) mass is 196 g/mol. The van der Waals surface area contributed by atoms with Crippen LogP contribution in [0.4, 0.5) is 0 Å². The van der Waals surface area contributed by atoms with Crippen LogP contribution >= 0.6 is 11.6 Å². The van der Waals surface area contributed by atoms with Gasteiger partial charge in [0, 0.05) is 18.6 Å². The average molecular weight is 197 g/mol. The molecule has 0 saturated heterocycles. The molecule has 2 aromatic rings. The first-order valence-electron chi connectivity index (χ1n) is 3.54. The van der Waals surface area contributed by atoms with E-state index >= 15 is 0 Å². The quantitative estimate of drug-likeness (QED) is 0.755. The number of hydrogen-bond acceptors (Lipinski definition) is 2. The van der Waals surface area contributed by atoms with Crippen LogP contribution in [0.5, 0.6) is 0 Å². The van der Waals surface area contributed by atoms with Gasteiger partial charge in [-0.3, -0.25) is 0 Å². The Kier molecular flexibility index (Phi) is 1.70. The highest BCUT2D eigenvalue weighted by Crippen LogP contribution is 2.19. The Hall–Kier alpha value is -1.55. The second kappa shape index (κ2) is 2.74. The number of rotatable bonds is 1. The first kappa shape index (κ1) is 8.07. The predicted octanol–water partition coefficient (Wildman–Crippen LogP) is 1.69. The molecule has 0 radical (unpaired) electrons. The standard InChI is InChI=1S/C8H5ClN2O2/c9-5-1-3-11-4-2-10-7(11)6(5)8(12)13/h1-4H,(H,12,13). The van der Waals surface area contributed by atoms with Gasteiger partial charge < -0.3 is 9.51 Å². The molecule has 2 aromatic heterocycles. The third kappa shape index (κ3) is 1.15. The molecule has 0 aromatic carbocycles. The van der Waals surface area contributed by atoms with Gasteiger partial charge in [-0.25, -0.2) is 9.78 Å². The van der Waals surface area contributed by atoms with E-state index in [1.54, 1.807) is 16.8 Å². The number of aromatic nitrogens is 2. The van der Waals surface area contributed by atoms with Gasteiger partial charge in [-0.1, -0.05) is 11.6 Å². The van der Waals surface area contributed by atoms with E-state index < -0.39 is 5.97 Å². The van der Waals surface area contributed by atoms with E-state index in [4.69, 9.17) is 16.7 Å². The van der Waals surface area contributed by atoms with Crippen LogP contribution in [0.3, 0.4) is 0 Å². The maximum absolute atomic E-state index is 10.8. The minimum Gasteiger partial charge on any atom is -0.478 e. The summed E-state index contributed by atoms with van der Waals surface area (Å²) in [5.74, 6) is -1.07. The Balaban J connectivity index is 2.88. The van der Waals surface area contributed by atoms with Crippen LogP contribution in [0.2, 0.25) is 5.02 Å². The molecule has 66 valence electrons. The molecule has 0 saturated carbocycles. The fraction of sp³-hybridized carbons (Fsp3) is 0. The van der Waals surface area contributed by atoms with E-state index in [9.17, 15) is 4.79 Å². The molecule has 13 heavy (non-hydrogen) atoms. The largest absolute Gasteiger partial charge is 0.478 e. The normalized spacial score (nSPS) is 10.5. The van der Waals surface area contributed by atoms with Crippen molar-refractivity contribution in [3.63, 3.8) is 0 Å². The van der Waals surface area contributed by atoms with E-state index in [2.05, 4.69) is 4.98 Å². The Morgan fingerprint density at radius 2 is 2.31 bits per heavy atom. The van der Waals surface area contributed by atoms with Gasteiger partial charge in [-0.15, -0.1) is 0 Å². The summed E-state index contributed by atoms with van der Waals surface area (Å²) >= 11 is 5.72. The number of carboxylic acids is 1. The van der Waals surface area contributed by atoms with Gasteiger partial charge in [0.25, 0.3) is 0 Å². The summed E-state index contributed by atoms with van der Waals surface area (Å²) in [5.41, 5.74) is 0.397. The molecule has 2 rings (SSSR count). The van der Waals surface area contributed by atoms with Crippen LogP contribution in [0.15, 0.2) is 24.7 Å². The number of nitrogens with zero attached hydrogens (tertiary/aromatic N) is 2. The van der Waals surface area contributed by atoms with Gasteiger partial charge in [-0.2, -0.15) is 0 Å². The van der Waals surface area contributed by atoms with E-state index in [1.807, 2.05) is 0 Å². The number of aromatic carboxylic acids is 1. The number of carbonyl (C=O) groups is 1. The zero-order valence-electron chi connectivity index (χ0n) is 6.44. The highest BCUT2D eigenvalue weighted by Gasteiger charge is 2.14. The van der Waals surface area contributed by atoms with Crippen LogP contribution in [0.25, 0.3) is 5.65 Å². The van der Waals surface area contributed by atoms with Gasteiger partial charge in [0.2, 0.25) is 0 Å². The van der Waals surface area contributed by atoms with Crippen molar-refractivity contribution >= 4 is 23.2 Å². The molecule has 0 aliphatic heterocycles. The molecule has 0 aliphatic rings. The number of halogens is 1. The van der Waals surface area contributed by atoms with Crippen LogP contribution in [0.1, 0.15) is 10.4 Å². The third-order valence-electron chi connectivity index (χ3n) is 1.73. The number of carboxylic acid groups (broad SMARTS) is 1. The molecular weight excluding hydrogens is 192 g/mol. The van der Waals surface area contributed by atoms with Crippen LogP contribution in [0, 0.1) is 0 Å². The smallest absolute Gasteiger partial charge is 0.341 e. The maximum atomic E-state index is 10.8. The first-order valence-corrected chi connectivity index (χ1v) is 3.92. The first-order chi connectivity index (χ1) is 6.20. The van der Waals surface area contributed by atoms with Crippen molar-refractivity contribution < 1.29 is 9.90 Å². The van der Waals surface area contributed by atoms with Crippen molar-refractivity contribution in [2.75, 3.05) is 0 Å². The van der Waals surface area contributed by atoms with Gasteiger partial charge in [0.15, 0.2) is 5.65 Å². The van der Waals surface area contributed by atoms with Crippen LogP contribution < -0.4 is 0 Å². The summed E-state index contributed by atoms with van der Waals surface area (Å²) in [6.07, 6.45) is 4.85. The molecule has 0 aliphatic carbocycles. The van der Waals surface area contributed by atoms with E-state index in [0.717, 1.165) is 0 Å². The molecule has 4 nitrogen and oxygen atoms in total. The van der Waals surface area contributed by atoms with Crippen molar-refractivity contribution in [1.29, 1.82) is 0 Å². The molecule has 0 unspecified atom stereocenters. The SMILES string of the molecule is O=C(O)c1c(Cl)ccn2ccnc12. The number of hydrogen-bond donors (Lipinski definition) is 1. The fourth-order valence-corrected chi connectivity index (χ4v) is 1.38. The van der Waals surface area contributed by atoms with Crippen molar-refractivity contribution in [3.8, 4) is 0 Å². The third-order valence-corrected chi connectivity index (χ3v) is 2.04. The highest BCUT2D eigenvalue weighted by molar-refractivity contribution is 6.34. The topological polar surface area (TPSA) is 54.6 Å². The molecule has 2 heterocycles. The minimum atomic E-state index is -1.07. The second-order valence-electron chi connectivity index (χ2n) is 2.50. The average Bonchev–Trinajstić information content (AvgIpc) is 2.50. The summed E-state index contributed by atoms with van der Waals surface area (Å²) < 4.78 is 1.61. The predicted molar refractivity (Wildman–Crippen MR) is 47.2 cm³/mol. The lowest BCUT2D eigenvalue weighted by Crippen LogP contribution is -2.01. The second-order valence-corrected chi connectivity index (χ2v) is 2.91. The minimum absolute atomic E-state index is 0.0363. The Morgan fingerprint density at radius 3 is 3.00 bits per heavy atom. The Morgan fingerprint density at radius 1 is 1.54 bits per heavy atom. The maximum Gasteiger partial charge on any atom is 0.341 e. The summed E-state index contributed by atoms with van der Waals surface area (Å²) in [6.45, 7) is 0. The Bertz CT molecular complexity index is 478. The summed E-state index contributed by atoms with van der Waals surface area (Å²) in [6, 6.07) is 1.53. The van der Waals surface area contributed by atoms with Gasteiger partial charge in [-0.05, 0) is 6.07 Å². The molecule has 1 N–H and O–H groups in total. The van der Waals surface area contributed by atoms with E-state index in [-0.39, 0.29) is 10.6 Å². The zero-order chi connectivity index (χ0) is 9.42. The van der Waals surface area contributed by atoms with Crippen LogP contribution in [-0.2, 0) is 0 Å². The number of fused-ring (bicyclic) bond motifs is 1. The number of pyridine rings is 1. The molecule has 0 spiro atoms. The lowest BCUT2D eigenvalue weighted by atomic mass is 10.3. The number of imidazole rings is 1. The van der Waals surface area contributed by atoms with Crippen molar-refractivity contribution in [1.82, 2.24) is 9.38 Å². The fourth-order valence-electron chi connectivity index (χ4n) is 1.16. The van der Waals surface area contributed by atoms with Crippen molar-refractivity contribution in [2.45, 2.75) is 0 Å². The molecule has 0 fully saturated rings. The van der Waals surface area contributed by atoms with Crippen LogP contribution in [-0.4, -0.2) is 20.5 Å². The lowest BCUT2D eigenvalue weighted by molar-refractivity contribution is 0.0698. The van der Waals surface area contributed by atoms with Gasteiger partial charge >= 0.3 is 5.97 Å². The van der Waals surface area contributed by atoms with Crippen molar-refractivity contribution in [2.24, 2.45) is 0 Å². The molecular formula is C8H5ClN2O2. The Labute approximate surface area is 78.4 Å². The molecule has 5 heteroatoms. The van der Waals surface area contributed by atoms with Gasteiger partial charge in [0.05, 0.1) is 5.02 Å². The molecule has 0 amide bonds. The molecule has 0 bridgehead atoms. The highest BCUT2D eigenvalue weighted by atomic mass is 35.5.